The van der Waals surface area contributed by atoms with Crippen molar-refractivity contribution in [3.8, 4) is 12.1 Å². The third-order valence-electron chi connectivity index (χ3n) is 7.14. The normalized spacial score (nSPS) is 18.4. The number of benzene rings is 1. The van der Waals surface area contributed by atoms with Crippen molar-refractivity contribution in [1.82, 2.24) is 9.97 Å². The van der Waals surface area contributed by atoms with Crippen LogP contribution < -0.4 is 10.6 Å². The highest BCUT2D eigenvalue weighted by atomic mass is 79.9. The van der Waals surface area contributed by atoms with Gasteiger partial charge in [-0.15, -0.1) is 0 Å². The molecule has 2 atom stereocenters. The second-order valence-corrected chi connectivity index (χ2v) is 16.4. The van der Waals surface area contributed by atoms with Crippen molar-refractivity contribution in [3.63, 3.8) is 0 Å². The summed E-state index contributed by atoms with van der Waals surface area (Å²) in [5.74, 6) is 1.15. The summed E-state index contributed by atoms with van der Waals surface area (Å²) in [6.45, 7) is 13.4. The molecule has 2 aromatic rings. The molecular weight excluding hydrogens is 520 g/mol. The summed E-state index contributed by atoms with van der Waals surface area (Å²) in [5.41, 5.74) is 3.07. The van der Waals surface area contributed by atoms with Crippen molar-refractivity contribution in [1.29, 1.82) is 10.5 Å². The first-order chi connectivity index (χ1) is 16.4. The highest BCUT2D eigenvalue weighted by Crippen LogP contribution is 2.38. The van der Waals surface area contributed by atoms with Gasteiger partial charge in [-0.1, -0.05) is 33.6 Å². The molecule has 9 heteroatoms. The van der Waals surface area contributed by atoms with Gasteiger partial charge in [0.1, 0.15) is 11.9 Å². The summed E-state index contributed by atoms with van der Waals surface area (Å²) in [5, 5.41) is 26.1. The fourth-order valence-corrected chi connectivity index (χ4v) is 5.21. The first-order valence-corrected chi connectivity index (χ1v) is 15.8. The Morgan fingerprint density at radius 3 is 2.57 bits per heavy atom. The van der Waals surface area contributed by atoms with E-state index in [1.54, 1.807) is 12.3 Å². The number of anilines is 3. The van der Waals surface area contributed by atoms with Gasteiger partial charge in [-0.05, 0) is 71.5 Å². The highest BCUT2D eigenvalue weighted by Gasteiger charge is 2.37. The lowest BCUT2D eigenvalue weighted by Gasteiger charge is -2.36. The molecule has 35 heavy (non-hydrogen) atoms. The molecular formula is C26H35BrN6OSi. The van der Waals surface area contributed by atoms with Crippen molar-refractivity contribution in [3.05, 3.63) is 39.5 Å². The smallest absolute Gasteiger partial charge is 0.229 e. The van der Waals surface area contributed by atoms with Gasteiger partial charge in [-0.3, -0.25) is 0 Å². The van der Waals surface area contributed by atoms with Crippen molar-refractivity contribution < 1.29 is 4.43 Å². The fraction of sp³-hybridized carbons (Fsp3) is 0.538. The molecule has 1 unspecified atom stereocenters. The third kappa shape index (κ3) is 6.61. The number of aromatic nitrogens is 2. The predicted molar refractivity (Wildman–Crippen MR) is 146 cm³/mol. The monoisotopic (exact) mass is 554 g/mol. The van der Waals surface area contributed by atoms with Crippen LogP contribution in [0.3, 0.4) is 0 Å². The molecule has 0 spiro atoms. The molecule has 1 heterocycles. The van der Waals surface area contributed by atoms with Gasteiger partial charge in [-0.25, -0.2) is 4.98 Å². The lowest BCUT2D eigenvalue weighted by molar-refractivity contribution is 0.275. The molecule has 1 fully saturated rings. The fourth-order valence-electron chi connectivity index (χ4n) is 3.83. The summed E-state index contributed by atoms with van der Waals surface area (Å²) in [7, 11) is -1.95. The van der Waals surface area contributed by atoms with Gasteiger partial charge in [0, 0.05) is 28.0 Å². The summed E-state index contributed by atoms with van der Waals surface area (Å²) >= 11 is 3.59. The van der Waals surface area contributed by atoms with Crippen LogP contribution in [0.2, 0.25) is 18.1 Å². The maximum absolute atomic E-state index is 9.69. The molecule has 186 valence electrons. The van der Waals surface area contributed by atoms with E-state index in [4.69, 9.17) is 9.41 Å². The standard InChI is InChI=1S/C26H35BrN6OSi/c1-17-15-30-25(33-24(17)32-22-10-8-7-9-18(22)13-28)31-21-11-19(14-29)23(27)20(12-21)16-34-35(5,6)26(2,3)4/h11-12,15,18,22H,7-10,16H2,1-6H3,(H2,30,31,32,33)/t18-,22?/m1/s1. The van der Waals surface area contributed by atoms with E-state index in [1.807, 2.05) is 13.0 Å². The molecule has 0 amide bonds. The molecule has 1 aliphatic carbocycles. The largest absolute Gasteiger partial charge is 0.413 e. The van der Waals surface area contributed by atoms with Crippen LogP contribution in [0.5, 0.6) is 0 Å². The van der Waals surface area contributed by atoms with Gasteiger partial charge < -0.3 is 15.1 Å². The van der Waals surface area contributed by atoms with E-state index in [2.05, 4.69) is 77.6 Å². The molecule has 0 aliphatic heterocycles. The Hall–Kier alpha value is -2.46. The maximum Gasteiger partial charge on any atom is 0.229 e. The molecule has 0 saturated heterocycles. The van der Waals surface area contributed by atoms with Crippen molar-refractivity contribution in [2.45, 2.75) is 84.2 Å². The molecule has 1 aromatic carbocycles. The Kier molecular flexibility index (Phi) is 8.58. The van der Waals surface area contributed by atoms with Crippen LogP contribution >= 0.6 is 15.9 Å². The zero-order valence-electron chi connectivity index (χ0n) is 21.5. The summed E-state index contributed by atoms with van der Waals surface area (Å²) < 4.78 is 7.16. The number of halogens is 1. The number of hydrogen-bond acceptors (Lipinski definition) is 7. The molecule has 1 saturated carbocycles. The van der Waals surface area contributed by atoms with Gasteiger partial charge in [0.15, 0.2) is 8.32 Å². The molecule has 1 aliphatic rings. The van der Waals surface area contributed by atoms with Gasteiger partial charge in [0.2, 0.25) is 5.95 Å². The van der Waals surface area contributed by atoms with Crippen LogP contribution in [0.4, 0.5) is 17.5 Å². The van der Waals surface area contributed by atoms with Crippen LogP contribution in [0, 0.1) is 35.5 Å². The van der Waals surface area contributed by atoms with Crippen molar-refractivity contribution in [2.75, 3.05) is 10.6 Å². The van der Waals surface area contributed by atoms with E-state index in [0.717, 1.165) is 52.8 Å². The Labute approximate surface area is 218 Å². The Balaban J connectivity index is 1.83. The van der Waals surface area contributed by atoms with Gasteiger partial charge in [-0.2, -0.15) is 15.5 Å². The molecule has 0 bridgehead atoms. The average molecular weight is 556 g/mol. The van der Waals surface area contributed by atoms with Crippen molar-refractivity contribution >= 4 is 41.7 Å². The van der Waals surface area contributed by atoms with Crippen LogP contribution in [0.15, 0.2) is 22.8 Å². The number of nitriles is 2. The second-order valence-electron chi connectivity index (χ2n) is 10.8. The topological polar surface area (TPSA) is 107 Å². The number of aryl methyl sites for hydroxylation is 1. The first-order valence-electron chi connectivity index (χ1n) is 12.1. The molecule has 3 rings (SSSR count). The van der Waals surface area contributed by atoms with E-state index in [9.17, 15) is 10.5 Å². The minimum Gasteiger partial charge on any atom is -0.413 e. The first kappa shape index (κ1) is 27.1. The SMILES string of the molecule is Cc1cnc(Nc2cc(C#N)c(Br)c(CO[Si](C)(C)C(C)(C)C)c2)nc1NC1CCCC[C@@H]1C#N. The Bertz CT molecular complexity index is 1150. The minimum absolute atomic E-state index is 0.0114. The van der Waals surface area contributed by atoms with E-state index in [0.29, 0.717) is 18.1 Å². The quantitative estimate of drug-likeness (QED) is 0.349. The zero-order valence-corrected chi connectivity index (χ0v) is 24.1. The molecule has 1 aromatic heterocycles. The molecule has 2 N–H and O–H groups in total. The van der Waals surface area contributed by atoms with Gasteiger partial charge in [0.05, 0.1) is 24.2 Å². The number of rotatable bonds is 7. The average Bonchev–Trinajstić information content (AvgIpc) is 2.81. The summed E-state index contributed by atoms with van der Waals surface area (Å²) in [6, 6.07) is 8.54. The van der Waals surface area contributed by atoms with E-state index in [1.165, 1.54) is 0 Å². The zero-order chi connectivity index (χ0) is 25.8. The minimum atomic E-state index is -1.95. The van der Waals surface area contributed by atoms with E-state index in [-0.39, 0.29) is 17.0 Å². The lowest BCUT2D eigenvalue weighted by Crippen LogP contribution is -2.40. The predicted octanol–water partition coefficient (Wildman–Crippen LogP) is 7.18. The molecule has 0 radical (unpaired) electrons. The maximum atomic E-state index is 9.69. The van der Waals surface area contributed by atoms with Crippen LogP contribution in [-0.4, -0.2) is 24.3 Å². The van der Waals surface area contributed by atoms with Crippen LogP contribution in [0.25, 0.3) is 0 Å². The number of hydrogen-bond donors (Lipinski definition) is 2. The highest BCUT2D eigenvalue weighted by molar-refractivity contribution is 9.10. The van der Waals surface area contributed by atoms with Crippen molar-refractivity contribution in [2.24, 2.45) is 5.92 Å². The Morgan fingerprint density at radius 2 is 1.91 bits per heavy atom. The van der Waals surface area contributed by atoms with E-state index < -0.39 is 8.32 Å². The lowest BCUT2D eigenvalue weighted by atomic mass is 9.85. The van der Waals surface area contributed by atoms with Crippen LogP contribution in [-0.2, 0) is 11.0 Å². The van der Waals surface area contributed by atoms with Gasteiger partial charge >= 0.3 is 0 Å². The summed E-state index contributed by atoms with van der Waals surface area (Å²) in [6.07, 6.45) is 5.85. The van der Waals surface area contributed by atoms with E-state index >= 15 is 0 Å². The van der Waals surface area contributed by atoms with Crippen LogP contribution in [0.1, 0.15) is 63.1 Å². The second kappa shape index (κ2) is 11.1. The number of nitrogens with one attached hydrogen (secondary N) is 2. The van der Waals surface area contributed by atoms with Gasteiger partial charge in [0.25, 0.3) is 0 Å². The Morgan fingerprint density at radius 1 is 1.20 bits per heavy atom. The number of nitrogens with zero attached hydrogens (tertiary/aromatic N) is 4. The summed E-state index contributed by atoms with van der Waals surface area (Å²) in [4.78, 5) is 9.14. The third-order valence-corrected chi connectivity index (χ3v) is 12.6. The molecule has 7 nitrogen and oxygen atoms in total.